The second kappa shape index (κ2) is 16.7. The second-order valence-electron chi connectivity index (χ2n) is 13.0. The SMILES string of the molecule is O=C(NC[C@H](O)[C@@H](O)[C@H](O)[C@H](O)CO)c1cccc(OCc2cc(Cl)c(CN3CSC[C@H]3C(=O)N3CCN(C4CC4)c4ccccc43)cc2Cl)c1. The molecule has 15 heteroatoms. The van der Waals surface area contributed by atoms with E-state index >= 15 is 0 Å². The van der Waals surface area contributed by atoms with E-state index < -0.39 is 43.5 Å². The first kappa shape index (κ1) is 37.6. The minimum Gasteiger partial charge on any atom is -0.489 e. The van der Waals surface area contributed by atoms with Gasteiger partial charge in [-0.2, -0.15) is 0 Å². The number of halogens is 2. The lowest BCUT2D eigenvalue weighted by molar-refractivity contribution is -0.122. The number of aliphatic hydroxyl groups excluding tert-OH is 5. The van der Waals surface area contributed by atoms with E-state index in [1.807, 2.05) is 23.1 Å². The molecule has 0 radical (unpaired) electrons. The number of anilines is 2. The summed E-state index contributed by atoms with van der Waals surface area (Å²) in [6.45, 7) is 0.781. The molecule has 0 unspecified atom stereocenters. The average molecular weight is 762 g/mol. The standard InChI is InChI=1S/C36H42Cl2N4O8S/c37-26-14-23(18-50-25-5-3-4-21(12-25)35(48)39-15-31(44)33(46)34(47)32(45)17-43)27(38)13-22(26)16-40-20-51-19-30(40)36(49)42-11-10-41(24-8-9-24)28-6-1-2-7-29(28)42/h1-7,12-14,24,30-34,43-47H,8-11,15-20H2,(H,39,48)/t30-,31-,32+,33+,34+/m0/s1. The lowest BCUT2D eigenvalue weighted by Crippen LogP contribution is -2.52. The number of rotatable bonds is 14. The van der Waals surface area contributed by atoms with E-state index in [0.29, 0.717) is 52.1 Å². The van der Waals surface area contributed by atoms with E-state index in [1.165, 1.54) is 25.0 Å². The summed E-state index contributed by atoms with van der Waals surface area (Å²) in [5, 5.41) is 51.7. The smallest absolute Gasteiger partial charge is 0.251 e. The van der Waals surface area contributed by atoms with Crippen molar-refractivity contribution in [2.45, 2.75) is 62.5 Å². The van der Waals surface area contributed by atoms with Crippen LogP contribution in [0.4, 0.5) is 11.4 Å². The van der Waals surface area contributed by atoms with Crippen molar-refractivity contribution in [1.82, 2.24) is 10.2 Å². The Hall–Kier alpha value is -3.11. The molecule has 1 saturated heterocycles. The zero-order valence-corrected chi connectivity index (χ0v) is 30.1. The van der Waals surface area contributed by atoms with Gasteiger partial charge in [0.15, 0.2) is 0 Å². The van der Waals surface area contributed by atoms with E-state index in [0.717, 1.165) is 23.5 Å². The van der Waals surface area contributed by atoms with Gasteiger partial charge in [-0.05, 0) is 60.9 Å². The van der Waals surface area contributed by atoms with Gasteiger partial charge in [0.25, 0.3) is 5.91 Å². The first-order valence-corrected chi connectivity index (χ1v) is 18.8. The predicted molar refractivity (Wildman–Crippen MR) is 197 cm³/mol. The summed E-state index contributed by atoms with van der Waals surface area (Å²) in [6.07, 6.45) is -4.43. The van der Waals surface area contributed by atoms with Crippen LogP contribution in [-0.2, 0) is 17.9 Å². The van der Waals surface area contributed by atoms with Crippen LogP contribution in [0.25, 0.3) is 0 Å². The third kappa shape index (κ3) is 8.75. The molecular weight excluding hydrogens is 719 g/mol. The van der Waals surface area contributed by atoms with E-state index in [9.17, 15) is 30.0 Å². The topological polar surface area (TPSA) is 166 Å². The minimum atomic E-state index is -1.80. The molecule has 2 fully saturated rings. The highest BCUT2D eigenvalue weighted by Gasteiger charge is 2.40. The third-order valence-electron chi connectivity index (χ3n) is 9.44. The van der Waals surface area contributed by atoms with Crippen LogP contribution in [0.5, 0.6) is 5.75 Å². The second-order valence-corrected chi connectivity index (χ2v) is 14.8. The number of aliphatic hydroxyl groups is 5. The molecule has 1 saturated carbocycles. The highest BCUT2D eigenvalue weighted by atomic mass is 35.5. The van der Waals surface area contributed by atoms with Crippen LogP contribution in [0.1, 0.15) is 34.3 Å². The molecule has 3 aromatic carbocycles. The van der Waals surface area contributed by atoms with Gasteiger partial charge in [0.1, 0.15) is 30.7 Å². The van der Waals surface area contributed by atoms with Crippen LogP contribution in [0, 0.1) is 0 Å². The summed E-state index contributed by atoms with van der Waals surface area (Å²) in [7, 11) is 0. The molecule has 12 nitrogen and oxygen atoms in total. The van der Waals surface area contributed by atoms with Crippen molar-refractivity contribution in [3.8, 4) is 5.75 Å². The monoisotopic (exact) mass is 760 g/mol. The number of benzene rings is 3. The number of hydrogen-bond donors (Lipinski definition) is 6. The Balaban J connectivity index is 1.05. The van der Waals surface area contributed by atoms with Crippen molar-refractivity contribution in [3.63, 3.8) is 0 Å². The van der Waals surface area contributed by atoms with Gasteiger partial charge in [0.05, 0.1) is 30.1 Å². The van der Waals surface area contributed by atoms with Gasteiger partial charge in [-0.3, -0.25) is 14.5 Å². The number of carbonyl (C=O) groups excluding carboxylic acids is 2. The molecule has 0 aromatic heterocycles. The maximum atomic E-state index is 14.0. The van der Waals surface area contributed by atoms with Crippen LogP contribution in [0.3, 0.4) is 0 Å². The largest absolute Gasteiger partial charge is 0.489 e. The maximum Gasteiger partial charge on any atom is 0.251 e. The highest BCUT2D eigenvalue weighted by molar-refractivity contribution is 7.99. The Bertz CT molecular complexity index is 1720. The van der Waals surface area contributed by atoms with Gasteiger partial charge in [0, 0.05) is 65.0 Å². The van der Waals surface area contributed by atoms with Crippen LogP contribution in [0.15, 0.2) is 60.7 Å². The molecule has 51 heavy (non-hydrogen) atoms. The molecule has 2 amide bonds. The van der Waals surface area contributed by atoms with E-state index in [-0.39, 0.29) is 24.1 Å². The predicted octanol–water partition coefficient (Wildman–Crippen LogP) is 2.63. The Morgan fingerprint density at radius 2 is 1.61 bits per heavy atom. The fourth-order valence-electron chi connectivity index (χ4n) is 6.37. The number of para-hydroxylation sites is 2. The number of hydrogen-bond acceptors (Lipinski definition) is 11. The van der Waals surface area contributed by atoms with Gasteiger partial charge in [-0.1, -0.05) is 41.4 Å². The molecule has 1 aliphatic carbocycles. The van der Waals surface area contributed by atoms with Gasteiger partial charge in [0.2, 0.25) is 5.91 Å². The summed E-state index contributed by atoms with van der Waals surface area (Å²) in [6, 6.07) is 18.3. The summed E-state index contributed by atoms with van der Waals surface area (Å²) in [5.41, 5.74) is 3.75. The molecule has 6 rings (SSSR count). The molecule has 3 aromatic rings. The molecule has 6 N–H and O–H groups in total. The lowest BCUT2D eigenvalue weighted by Gasteiger charge is -2.39. The van der Waals surface area contributed by atoms with Crippen molar-refractivity contribution < 1.29 is 39.9 Å². The fourth-order valence-corrected chi connectivity index (χ4v) is 8.04. The Kier molecular flexibility index (Phi) is 12.3. The zero-order chi connectivity index (χ0) is 36.2. The Morgan fingerprint density at radius 1 is 0.902 bits per heavy atom. The van der Waals surface area contributed by atoms with Crippen molar-refractivity contribution in [3.05, 3.63) is 87.4 Å². The number of carbonyl (C=O) groups is 2. The molecule has 3 aliphatic rings. The van der Waals surface area contributed by atoms with Crippen LogP contribution in [-0.4, -0.2) is 117 Å². The zero-order valence-electron chi connectivity index (χ0n) is 27.8. The quantitative estimate of drug-likeness (QED) is 0.143. The summed E-state index contributed by atoms with van der Waals surface area (Å²) in [4.78, 5) is 33.2. The molecular formula is C36H42Cl2N4O8S. The number of fused-ring (bicyclic) bond motifs is 1. The first-order valence-electron chi connectivity index (χ1n) is 16.9. The Morgan fingerprint density at radius 3 is 2.35 bits per heavy atom. The fraction of sp³-hybridized carbons (Fsp3) is 0.444. The molecule has 5 atom stereocenters. The third-order valence-corrected chi connectivity index (χ3v) is 11.2. The molecule has 0 spiro atoms. The van der Waals surface area contributed by atoms with Gasteiger partial charge < -0.3 is 45.4 Å². The normalized spacial score (nSPS) is 20.0. The average Bonchev–Trinajstić information content (AvgIpc) is 3.89. The summed E-state index contributed by atoms with van der Waals surface area (Å²) >= 11 is 15.2. The van der Waals surface area contributed by atoms with E-state index in [1.54, 1.807) is 36.0 Å². The summed E-state index contributed by atoms with van der Waals surface area (Å²) in [5.74, 6) is 1.28. The number of nitrogens with one attached hydrogen (secondary N) is 1. The molecule has 2 aliphatic heterocycles. The maximum absolute atomic E-state index is 14.0. The van der Waals surface area contributed by atoms with Crippen LogP contribution < -0.4 is 19.9 Å². The molecule has 0 bridgehead atoms. The van der Waals surface area contributed by atoms with Crippen LogP contribution in [0.2, 0.25) is 10.0 Å². The Labute approximate surface area is 310 Å². The minimum absolute atomic E-state index is 0.0623. The number of thioether (sulfide) groups is 1. The van der Waals surface area contributed by atoms with E-state index in [4.69, 9.17) is 33.0 Å². The van der Waals surface area contributed by atoms with Crippen molar-refractivity contribution in [2.24, 2.45) is 0 Å². The van der Waals surface area contributed by atoms with E-state index in [2.05, 4.69) is 21.2 Å². The highest BCUT2D eigenvalue weighted by Crippen LogP contribution is 2.41. The number of nitrogens with zero attached hydrogens (tertiary/aromatic N) is 3. The van der Waals surface area contributed by atoms with Gasteiger partial charge >= 0.3 is 0 Å². The van der Waals surface area contributed by atoms with Gasteiger partial charge in [-0.15, -0.1) is 11.8 Å². The number of amides is 2. The first-order chi connectivity index (χ1) is 24.5. The van der Waals surface area contributed by atoms with Crippen molar-refractivity contribution >= 4 is 58.2 Å². The van der Waals surface area contributed by atoms with Gasteiger partial charge in [-0.25, -0.2) is 0 Å². The van der Waals surface area contributed by atoms with Crippen molar-refractivity contribution in [1.29, 1.82) is 0 Å². The van der Waals surface area contributed by atoms with Crippen LogP contribution >= 0.6 is 35.0 Å². The molecule has 274 valence electrons. The lowest BCUT2D eigenvalue weighted by atomic mass is 10.0. The summed E-state index contributed by atoms with van der Waals surface area (Å²) < 4.78 is 5.93. The van der Waals surface area contributed by atoms with Crippen molar-refractivity contribution in [2.75, 3.05) is 47.7 Å². The number of ether oxygens (including phenoxy) is 1. The molecule has 2 heterocycles.